The lowest BCUT2D eigenvalue weighted by atomic mass is 9.98. The summed E-state index contributed by atoms with van der Waals surface area (Å²) in [6, 6.07) is 7.48. The van der Waals surface area contributed by atoms with Crippen LogP contribution in [0.2, 0.25) is 0 Å². The third kappa shape index (κ3) is 4.33. The van der Waals surface area contributed by atoms with Crippen LogP contribution in [-0.4, -0.2) is 33.4 Å². The molecule has 3 heterocycles. The maximum atomic E-state index is 6.07. The number of ether oxygens (including phenoxy) is 2. The zero-order valence-corrected chi connectivity index (χ0v) is 15.1. The molecule has 0 aromatic carbocycles. The van der Waals surface area contributed by atoms with Crippen molar-refractivity contribution in [3.05, 3.63) is 36.7 Å². The van der Waals surface area contributed by atoms with Crippen molar-refractivity contribution in [1.82, 2.24) is 20.2 Å². The number of anilines is 2. The highest BCUT2D eigenvalue weighted by molar-refractivity contribution is 5.52. The Balaban J connectivity index is 1.44. The lowest BCUT2D eigenvalue weighted by molar-refractivity contribution is 0.155. The smallest absolute Gasteiger partial charge is 0.321 e. The van der Waals surface area contributed by atoms with Gasteiger partial charge in [0.05, 0.1) is 19.4 Å². The van der Waals surface area contributed by atoms with E-state index < -0.39 is 0 Å². The molecule has 0 spiro atoms. The summed E-state index contributed by atoms with van der Waals surface area (Å²) in [7, 11) is 1.59. The van der Waals surface area contributed by atoms with E-state index in [9.17, 15) is 0 Å². The van der Waals surface area contributed by atoms with E-state index in [4.69, 9.17) is 13.9 Å². The maximum absolute atomic E-state index is 6.07. The van der Waals surface area contributed by atoms with Gasteiger partial charge in [-0.25, -0.2) is 4.98 Å². The first-order valence-corrected chi connectivity index (χ1v) is 9.04. The van der Waals surface area contributed by atoms with Crippen molar-refractivity contribution < 1.29 is 13.9 Å². The Labute approximate surface area is 157 Å². The molecule has 1 N–H and O–H groups in total. The van der Waals surface area contributed by atoms with Crippen molar-refractivity contribution in [3.8, 4) is 23.1 Å². The molecule has 1 aliphatic carbocycles. The van der Waals surface area contributed by atoms with Gasteiger partial charge in [0.15, 0.2) is 0 Å². The minimum absolute atomic E-state index is 0.239. The second kappa shape index (κ2) is 8.03. The van der Waals surface area contributed by atoms with E-state index in [-0.39, 0.29) is 12.1 Å². The van der Waals surface area contributed by atoms with Gasteiger partial charge in [-0.1, -0.05) is 11.5 Å². The average molecular weight is 367 g/mol. The third-order valence-electron chi connectivity index (χ3n) is 4.44. The van der Waals surface area contributed by atoms with E-state index in [1.54, 1.807) is 31.6 Å². The number of pyridine rings is 2. The lowest BCUT2D eigenvalue weighted by Crippen LogP contribution is -2.19. The number of aromatic nitrogens is 4. The first-order valence-electron chi connectivity index (χ1n) is 9.04. The molecule has 8 heteroatoms. The van der Waals surface area contributed by atoms with E-state index in [1.165, 1.54) is 19.3 Å². The molecule has 0 unspecified atom stereocenters. The Hall–Kier alpha value is -3.16. The van der Waals surface area contributed by atoms with Crippen molar-refractivity contribution in [2.24, 2.45) is 0 Å². The standard InChI is InChI=1S/C19H21N5O3/c1-25-15-7-8-17(21-12-15)22-19-24-23-18(27-19)16-11-14(9-10-20-16)26-13-5-3-2-4-6-13/h7-13H,2-6H2,1H3,(H,21,22,24). The minimum atomic E-state index is 0.239. The van der Waals surface area contributed by atoms with Gasteiger partial charge in [0.1, 0.15) is 23.0 Å². The summed E-state index contributed by atoms with van der Waals surface area (Å²) in [6.07, 6.45) is 9.50. The van der Waals surface area contributed by atoms with Crippen LogP contribution in [0.25, 0.3) is 11.6 Å². The first-order chi connectivity index (χ1) is 13.3. The predicted octanol–water partition coefficient (Wildman–Crippen LogP) is 3.99. The molecule has 140 valence electrons. The Morgan fingerprint density at radius 1 is 1.04 bits per heavy atom. The van der Waals surface area contributed by atoms with E-state index in [2.05, 4.69) is 25.5 Å². The van der Waals surface area contributed by atoms with E-state index >= 15 is 0 Å². The molecular formula is C19H21N5O3. The molecule has 0 bridgehead atoms. The molecule has 4 rings (SSSR count). The summed E-state index contributed by atoms with van der Waals surface area (Å²) in [4.78, 5) is 8.52. The number of nitrogens with zero attached hydrogens (tertiary/aromatic N) is 4. The molecule has 1 saturated carbocycles. The Morgan fingerprint density at radius 2 is 1.93 bits per heavy atom. The normalized spacial score (nSPS) is 14.7. The van der Waals surface area contributed by atoms with Gasteiger partial charge in [0.2, 0.25) is 0 Å². The molecule has 3 aromatic heterocycles. The second-order valence-corrected chi connectivity index (χ2v) is 6.38. The van der Waals surface area contributed by atoms with Gasteiger partial charge < -0.3 is 13.9 Å². The molecule has 0 saturated heterocycles. The summed E-state index contributed by atoms with van der Waals surface area (Å²) in [5.41, 5.74) is 0.576. The molecule has 0 aliphatic heterocycles. The van der Waals surface area contributed by atoms with E-state index in [0.29, 0.717) is 23.2 Å². The minimum Gasteiger partial charge on any atom is -0.495 e. The number of rotatable bonds is 6. The van der Waals surface area contributed by atoms with Crippen molar-refractivity contribution in [2.75, 3.05) is 12.4 Å². The fourth-order valence-electron chi connectivity index (χ4n) is 3.04. The van der Waals surface area contributed by atoms with Crippen LogP contribution in [0.3, 0.4) is 0 Å². The molecule has 8 nitrogen and oxygen atoms in total. The highest BCUT2D eigenvalue weighted by Crippen LogP contribution is 2.27. The van der Waals surface area contributed by atoms with Gasteiger partial charge in [-0.3, -0.25) is 10.3 Å². The van der Waals surface area contributed by atoms with Gasteiger partial charge in [0, 0.05) is 12.3 Å². The highest BCUT2D eigenvalue weighted by Gasteiger charge is 2.16. The van der Waals surface area contributed by atoms with Crippen LogP contribution < -0.4 is 14.8 Å². The predicted molar refractivity (Wildman–Crippen MR) is 99.1 cm³/mol. The Kier molecular flexibility index (Phi) is 5.13. The van der Waals surface area contributed by atoms with Crippen LogP contribution in [-0.2, 0) is 0 Å². The zero-order chi connectivity index (χ0) is 18.5. The summed E-state index contributed by atoms with van der Waals surface area (Å²) in [5.74, 6) is 2.34. The molecular weight excluding hydrogens is 346 g/mol. The topological polar surface area (TPSA) is 95.2 Å². The Morgan fingerprint density at radius 3 is 2.70 bits per heavy atom. The number of methoxy groups -OCH3 is 1. The molecule has 1 fully saturated rings. The molecule has 0 radical (unpaired) electrons. The van der Waals surface area contributed by atoms with Crippen LogP contribution in [0, 0.1) is 0 Å². The molecule has 0 atom stereocenters. The third-order valence-corrected chi connectivity index (χ3v) is 4.44. The van der Waals surface area contributed by atoms with Gasteiger partial charge >= 0.3 is 6.01 Å². The fourth-order valence-corrected chi connectivity index (χ4v) is 3.04. The van der Waals surface area contributed by atoms with Gasteiger partial charge in [0.25, 0.3) is 5.89 Å². The van der Waals surface area contributed by atoms with Crippen LogP contribution in [0.4, 0.5) is 11.8 Å². The van der Waals surface area contributed by atoms with Crippen LogP contribution in [0.15, 0.2) is 41.1 Å². The first kappa shape index (κ1) is 17.3. The molecule has 3 aromatic rings. The number of nitrogens with one attached hydrogen (secondary N) is 1. The maximum Gasteiger partial charge on any atom is 0.321 e. The SMILES string of the molecule is COc1ccc(Nc2nnc(-c3cc(OC4CCCCC4)ccn3)o2)nc1. The van der Waals surface area contributed by atoms with E-state index in [1.807, 2.05) is 12.1 Å². The highest BCUT2D eigenvalue weighted by atomic mass is 16.5. The largest absolute Gasteiger partial charge is 0.495 e. The van der Waals surface area contributed by atoms with E-state index in [0.717, 1.165) is 18.6 Å². The summed E-state index contributed by atoms with van der Waals surface area (Å²) in [5, 5.41) is 11.0. The summed E-state index contributed by atoms with van der Waals surface area (Å²) in [6.45, 7) is 0. The van der Waals surface area contributed by atoms with Gasteiger partial charge in [-0.05, 0) is 43.9 Å². The van der Waals surface area contributed by atoms with Gasteiger partial charge in [-0.15, -0.1) is 5.10 Å². The van der Waals surface area contributed by atoms with Crippen LogP contribution in [0.1, 0.15) is 32.1 Å². The Bertz CT molecular complexity index is 875. The van der Waals surface area contributed by atoms with Crippen LogP contribution in [0.5, 0.6) is 11.5 Å². The zero-order valence-electron chi connectivity index (χ0n) is 15.1. The number of hydrogen-bond acceptors (Lipinski definition) is 8. The quantitative estimate of drug-likeness (QED) is 0.699. The summed E-state index contributed by atoms with van der Waals surface area (Å²) >= 11 is 0. The van der Waals surface area contributed by atoms with Crippen molar-refractivity contribution in [2.45, 2.75) is 38.2 Å². The molecule has 1 aliphatic rings. The fraction of sp³-hybridized carbons (Fsp3) is 0.368. The van der Waals surface area contributed by atoms with Crippen molar-refractivity contribution >= 4 is 11.8 Å². The van der Waals surface area contributed by atoms with Gasteiger partial charge in [-0.2, -0.15) is 0 Å². The lowest BCUT2D eigenvalue weighted by Gasteiger charge is -2.22. The molecule has 27 heavy (non-hydrogen) atoms. The molecule has 0 amide bonds. The van der Waals surface area contributed by atoms with Crippen molar-refractivity contribution in [3.63, 3.8) is 0 Å². The van der Waals surface area contributed by atoms with Crippen LogP contribution >= 0.6 is 0 Å². The summed E-state index contributed by atoms with van der Waals surface area (Å²) < 4.78 is 16.8. The average Bonchev–Trinajstić information content (AvgIpc) is 3.18. The monoisotopic (exact) mass is 367 g/mol. The second-order valence-electron chi connectivity index (χ2n) is 6.38. The number of hydrogen-bond donors (Lipinski definition) is 1. The van der Waals surface area contributed by atoms with Crippen molar-refractivity contribution in [1.29, 1.82) is 0 Å².